The summed E-state index contributed by atoms with van der Waals surface area (Å²) in [6.45, 7) is 3.98. The molecule has 2 unspecified atom stereocenters. The topological polar surface area (TPSA) is 46.2 Å². The fourth-order valence-corrected chi connectivity index (χ4v) is 1.89. The first-order valence-corrected chi connectivity index (χ1v) is 4.65. The Kier molecular flexibility index (Phi) is 2.91. The van der Waals surface area contributed by atoms with Gasteiger partial charge in [-0.25, -0.2) is 0 Å². The third-order valence-electron chi connectivity index (χ3n) is 2.85. The molecule has 1 rings (SSSR count). The SMILES string of the molecule is CC(N)[C@H](O)C1(C)CC=CCC1. The van der Waals surface area contributed by atoms with Crippen LogP contribution < -0.4 is 5.73 Å². The Balaban J connectivity index is 2.64. The zero-order valence-electron chi connectivity index (χ0n) is 7.96. The van der Waals surface area contributed by atoms with Crippen LogP contribution in [0.3, 0.4) is 0 Å². The Morgan fingerprint density at radius 3 is 2.58 bits per heavy atom. The van der Waals surface area contributed by atoms with Gasteiger partial charge in [-0.15, -0.1) is 0 Å². The second kappa shape index (κ2) is 3.58. The third kappa shape index (κ3) is 1.87. The number of hydrogen-bond donors (Lipinski definition) is 2. The molecule has 12 heavy (non-hydrogen) atoms. The summed E-state index contributed by atoms with van der Waals surface area (Å²) in [7, 11) is 0. The number of rotatable bonds is 2. The van der Waals surface area contributed by atoms with Gasteiger partial charge >= 0.3 is 0 Å². The highest BCUT2D eigenvalue weighted by Crippen LogP contribution is 2.36. The van der Waals surface area contributed by atoms with E-state index in [4.69, 9.17) is 5.73 Å². The maximum absolute atomic E-state index is 9.85. The molecule has 1 aliphatic carbocycles. The molecule has 0 heterocycles. The number of hydrogen-bond acceptors (Lipinski definition) is 2. The monoisotopic (exact) mass is 169 g/mol. The lowest BCUT2D eigenvalue weighted by Crippen LogP contribution is -2.44. The summed E-state index contributed by atoms with van der Waals surface area (Å²) in [6, 6.07) is -0.124. The van der Waals surface area contributed by atoms with Gasteiger partial charge in [0.05, 0.1) is 6.10 Å². The number of allylic oxidation sites excluding steroid dienone is 2. The molecular weight excluding hydrogens is 150 g/mol. The van der Waals surface area contributed by atoms with E-state index < -0.39 is 0 Å². The summed E-state index contributed by atoms with van der Waals surface area (Å²) < 4.78 is 0. The van der Waals surface area contributed by atoms with Gasteiger partial charge in [0.15, 0.2) is 0 Å². The van der Waals surface area contributed by atoms with Crippen molar-refractivity contribution < 1.29 is 5.11 Å². The van der Waals surface area contributed by atoms with Crippen molar-refractivity contribution in [3.05, 3.63) is 12.2 Å². The van der Waals surface area contributed by atoms with Crippen molar-refractivity contribution in [2.45, 2.75) is 45.3 Å². The quantitative estimate of drug-likeness (QED) is 0.614. The van der Waals surface area contributed by atoms with Gasteiger partial charge in [-0.05, 0) is 31.6 Å². The van der Waals surface area contributed by atoms with E-state index in [2.05, 4.69) is 19.1 Å². The van der Waals surface area contributed by atoms with Crippen molar-refractivity contribution in [2.24, 2.45) is 11.1 Å². The molecule has 3 atom stereocenters. The van der Waals surface area contributed by atoms with Gasteiger partial charge < -0.3 is 10.8 Å². The minimum Gasteiger partial charge on any atom is -0.391 e. The van der Waals surface area contributed by atoms with E-state index in [1.165, 1.54) is 0 Å². The predicted molar refractivity (Wildman–Crippen MR) is 50.8 cm³/mol. The molecular formula is C10H19NO. The van der Waals surface area contributed by atoms with Crippen molar-refractivity contribution in [3.8, 4) is 0 Å². The smallest absolute Gasteiger partial charge is 0.0744 e. The minimum absolute atomic E-state index is 0.00289. The fraction of sp³-hybridized carbons (Fsp3) is 0.800. The van der Waals surface area contributed by atoms with Crippen LogP contribution in [-0.4, -0.2) is 17.3 Å². The highest BCUT2D eigenvalue weighted by atomic mass is 16.3. The maximum atomic E-state index is 9.85. The molecule has 0 aromatic carbocycles. The molecule has 0 saturated heterocycles. The fourth-order valence-electron chi connectivity index (χ4n) is 1.89. The molecule has 0 fully saturated rings. The summed E-state index contributed by atoms with van der Waals surface area (Å²) in [6.07, 6.45) is 7.02. The van der Waals surface area contributed by atoms with Gasteiger partial charge in [-0.2, -0.15) is 0 Å². The van der Waals surface area contributed by atoms with Crippen molar-refractivity contribution in [3.63, 3.8) is 0 Å². The van der Waals surface area contributed by atoms with Crippen LogP contribution in [-0.2, 0) is 0 Å². The van der Waals surface area contributed by atoms with Crippen LogP contribution in [0.4, 0.5) is 0 Å². The zero-order valence-corrected chi connectivity index (χ0v) is 7.96. The summed E-state index contributed by atoms with van der Waals surface area (Å²) in [5.74, 6) is 0. The molecule has 2 nitrogen and oxygen atoms in total. The van der Waals surface area contributed by atoms with E-state index in [-0.39, 0.29) is 17.6 Å². The first kappa shape index (κ1) is 9.75. The van der Waals surface area contributed by atoms with Gasteiger partial charge in [0, 0.05) is 6.04 Å². The second-order valence-electron chi connectivity index (χ2n) is 4.17. The van der Waals surface area contributed by atoms with Gasteiger partial charge in [0.2, 0.25) is 0 Å². The molecule has 2 heteroatoms. The van der Waals surface area contributed by atoms with Crippen LogP contribution in [0.5, 0.6) is 0 Å². The number of aliphatic hydroxyl groups is 1. The van der Waals surface area contributed by atoms with E-state index in [9.17, 15) is 5.11 Å². The molecule has 0 aromatic heterocycles. The molecule has 0 saturated carbocycles. The first-order chi connectivity index (χ1) is 5.56. The number of nitrogens with two attached hydrogens (primary N) is 1. The molecule has 0 bridgehead atoms. The van der Waals surface area contributed by atoms with Gasteiger partial charge in [0.25, 0.3) is 0 Å². The molecule has 70 valence electrons. The van der Waals surface area contributed by atoms with Gasteiger partial charge in [0.1, 0.15) is 0 Å². The highest BCUT2D eigenvalue weighted by molar-refractivity contribution is 5.00. The van der Waals surface area contributed by atoms with Crippen LogP contribution in [0.25, 0.3) is 0 Å². The second-order valence-corrected chi connectivity index (χ2v) is 4.17. The normalized spacial score (nSPS) is 34.7. The van der Waals surface area contributed by atoms with Crippen molar-refractivity contribution >= 4 is 0 Å². The van der Waals surface area contributed by atoms with Gasteiger partial charge in [-0.1, -0.05) is 19.1 Å². The molecule has 0 aliphatic heterocycles. The minimum atomic E-state index is -0.373. The van der Waals surface area contributed by atoms with E-state index in [1.54, 1.807) is 0 Å². The number of aliphatic hydroxyl groups excluding tert-OH is 1. The Hall–Kier alpha value is -0.340. The van der Waals surface area contributed by atoms with Crippen molar-refractivity contribution in [2.75, 3.05) is 0 Å². The molecule has 0 radical (unpaired) electrons. The van der Waals surface area contributed by atoms with Gasteiger partial charge in [-0.3, -0.25) is 0 Å². The van der Waals surface area contributed by atoms with E-state index in [0.29, 0.717) is 0 Å². The lowest BCUT2D eigenvalue weighted by Gasteiger charge is -2.37. The Labute approximate surface area is 74.5 Å². The van der Waals surface area contributed by atoms with Crippen LogP contribution in [0, 0.1) is 5.41 Å². The van der Waals surface area contributed by atoms with Crippen LogP contribution in [0.15, 0.2) is 12.2 Å². The maximum Gasteiger partial charge on any atom is 0.0744 e. The van der Waals surface area contributed by atoms with Crippen LogP contribution in [0.1, 0.15) is 33.1 Å². The average Bonchev–Trinajstić information content (AvgIpc) is 2.04. The predicted octanol–water partition coefficient (Wildman–Crippen LogP) is 1.44. The summed E-state index contributed by atoms with van der Waals surface area (Å²) >= 11 is 0. The summed E-state index contributed by atoms with van der Waals surface area (Å²) in [5, 5.41) is 9.85. The molecule has 0 spiro atoms. The lowest BCUT2D eigenvalue weighted by atomic mass is 9.72. The lowest BCUT2D eigenvalue weighted by molar-refractivity contribution is 0.0151. The highest BCUT2D eigenvalue weighted by Gasteiger charge is 2.34. The standard InChI is InChI=1S/C10H19NO/c1-8(11)9(12)10(2)6-4-3-5-7-10/h3-4,8-9,12H,5-7,11H2,1-2H3/t8?,9-,10?/m0/s1. The van der Waals surface area contributed by atoms with Crippen molar-refractivity contribution in [1.29, 1.82) is 0 Å². The molecule has 0 aromatic rings. The zero-order chi connectivity index (χ0) is 9.19. The van der Waals surface area contributed by atoms with E-state index in [0.717, 1.165) is 19.3 Å². The van der Waals surface area contributed by atoms with Crippen molar-refractivity contribution in [1.82, 2.24) is 0 Å². The Morgan fingerprint density at radius 2 is 2.17 bits per heavy atom. The first-order valence-electron chi connectivity index (χ1n) is 4.65. The van der Waals surface area contributed by atoms with E-state index in [1.807, 2.05) is 6.92 Å². The molecule has 0 amide bonds. The van der Waals surface area contributed by atoms with Crippen LogP contribution >= 0.6 is 0 Å². The molecule has 3 N–H and O–H groups in total. The third-order valence-corrected chi connectivity index (χ3v) is 2.85. The summed E-state index contributed by atoms with van der Waals surface area (Å²) in [4.78, 5) is 0. The summed E-state index contributed by atoms with van der Waals surface area (Å²) in [5.41, 5.74) is 5.68. The van der Waals surface area contributed by atoms with Crippen LogP contribution in [0.2, 0.25) is 0 Å². The largest absolute Gasteiger partial charge is 0.391 e. The Bertz CT molecular complexity index is 177. The van der Waals surface area contributed by atoms with E-state index >= 15 is 0 Å². The Morgan fingerprint density at radius 1 is 1.50 bits per heavy atom. The average molecular weight is 169 g/mol. The molecule has 1 aliphatic rings.